The number of thioether (sulfide) groups is 1. The number of nitro groups is 1. The Balaban J connectivity index is 2.07. The number of rotatable bonds is 14. The van der Waals surface area contributed by atoms with Crippen molar-refractivity contribution in [3.05, 3.63) is 52.6 Å². The largest absolute Gasteiger partial charge is 0.459 e. The Kier molecular flexibility index (Phi) is 12.0. The molecule has 218 valence electrons. The summed E-state index contributed by atoms with van der Waals surface area (Å²) in [5, 5.41) is 10.7. The summed E-state index contributed by atoms with van der Waals surface area (Å²) >= 11 is 1.56. The van der Waals surface area contributed by atoms with Crippen molar-refractivity contribution in [1.29, 1.82) is 0 Å². The van der Waals surface area contributed by atoms with E-state index in [1.165, 1.54) is 12.1 Å². The summed E-state index contributed by atoms with van der Waals surface area (Å²) in [6, 6.07) is 5.82. The molecule has 0 saturated carbocycles. The van der Waals surface area contributed by atoms with E-state index in [0.29, 0.717) is 17.7 Å². The highest BCUT2D eigenvalue weighted by Gasteiger charge is 2.49. The van der Waals surface area contributed by atoms with Gasteiger partial charge in [-0.1, -0.05) is 47.6 Å². The molecule has 0 radical (unpaired) electrons. The Bertz CT molecular complexity index is 989. The van der Waals surface area contributed by atoms with Gasteiger partial charge in [0.1, 0.15) is 19.4 Å². The van der Waals surface area contributed by atoms with Gasteiger partial charge in [0.2, 0.25) is 5.91 Å². The Labute approximate surface area is 240 Å². The summed E-state index contributed by atoms with van der Waals surface area (Å²) in [7, 11) is -3.24. The van der Waals surface area contributed by atoms with Crippen molar-refractivity contribution in [1.82, 2.24) is 4.90 Å². The number of esters is 1. The molecule has 39 heavy (non-hydrogen) atoms. The molecule has 1 aromatic rings. The van der Waals surface area contributed by atoms with Crippen molar-refractivity contribution in [2.45, 2.75) is 89.4 Å². The lowest BCUT2D eigenvalue weighted by molar-refractivity contribution is -0.384. The van der Waals surface area contributed by atoms with Crippen molar-refractivity contribution in [2.75, 3.05) is 12.3 Å². The second-order valence-corrected chi connectivity index (χ2v) is 19.9. The highest BCUT2D eigenvalue weighted by molar-refractivity contribution is 8.00. The first-order valence-electron chi connectivity index (χ1n) is 13.3. The van der Waals surface area contributed by atoms with E-state index in [1.54, 1.807) is 34.9 Å². The number of ether oxygens (including phenoxy) is 1. The number of hydrogen-bond acceptors (Lipinski definition) is 8. The van der Waals surface area contributed by atoms with E-state index in [1.807, 2.05) is 0 Å². The van der Waals surface area contributed by atoms with Crippen LogP contribution in [0.4, 0.5) is 5.69 Å². The number of carbonyl (C=O) groups excluding carboxylic acids is 2. The molecule has 1 aliphatic rings. The van der Waals surface area contributed by atoms with Gasteiger partial charge in [-0.2, -0.15) is 0 Å². The molecule has 2 rings (SSSR count). The van der Waals surface area contributed by atoms with Gasteiger partial charge in [0.25, 0.3) is 5.69 Å². The first kappa shape index (κ1) is 33.2. The maximum Gasteiger partial charge on any atom is 0.326 e. The predicted octanol–water partition coefficient (Wildman–Crippen LogP) is 5.40. The smallest absolute Gasteiger partial charge is 0.326 e. The first-order valence-corrected chi connectivity index (χ1v) is 18.7. The summed E-state index contributed by atoms with van der Waals surface area (Å²) < 4.78 is 18.4. The van der Waals surface area contributed by atoms with Crippen LogP contribution in [0.15, 0.2) is 36.9 Å². The fourth-order valence-corrected chi connectivity index (χ4v) is 6.99. The molecular formula is C27H44N2O7SSi2. The van der Waals surface area contributed by atoms with Gasteiger partial charge in [-0.15, -0.1) is 18.3 Å². The molecule has 1 saturated heterocycles. The molecule has 0 aliphatic carbocycles. The predicted molar refractivity (Wildman–Crippen MR) is 161 cm³/mol. The fraction of sp³-hybridized carbons (Fsp3) is 0.630. The molecule has 0 N–H and O–H groups in total. The number of benzene rings is 1. The number of carbonyl (C=O) groups is 2. The van der Waals surface area contributed by atoms with Crippen LogP contribution in [0.1, 0.15) is 53.5 Å². The van der Waals surface area contributed by atoms with E-state index in [0.717, 1.165) is 0 Å². The zero-order valence-electron chi connectivity index (χ0n) is 24.5. The average molecular weight is 597 g/mol. The van der Waals surface area contributed by atoms with Crippen molar-refractivity contribution in [3.63, 3.8) is 0 Å². The zero-order chi connectivity index (χ0) is 29.5. The van der Waals surface area contributed by atoms with Crippen LogP contribution in [0.2, 0.25) is 23.2 Å². The van der Waals surface area contributed by atoms with Crippen molar-refractivity contribution < 1.29 is 28.1 Å². The molecule has 1 aliphatic heterocycles. The molecular weight excluding hydrogens is 553 g/mol. The number of nitro benzene ring substituents is 1. The minimum absolute atomic E-state index is 0.0266. The van der Waals surface area contributed by atoms with Gasteiger partial charge in [-0.25, -0.2) is 0 Å². The van der Waals surface area contributed by atoms with Crippen LogP contribution in [-0.4, -0.2) is 63.7 Å². The number of likely N-dealkylation sites (tertiary alicyclic amines) is 1. The molecule has 0 bridgehead atoms. The maximum absolute atomic E-state index is 13.3. The van der Waals surface area contributed by atoms with E-state index in [4.69, 9.17) is 13.6 Å². The summed E-state index contributed by atoms with van der Waals surface area (Å²) in [6.07, 6.45) is 1.77. The van der Waals surface area contributed by atoms with Gasteiger partial charge in [0.15, 0.2) is 18.1 Å². The quantitative estimate of drug-likeness (QED) is 0.0534. The van der Waals surface area contributed by atoms with E-state index >= 15 is 0 Å². The van der Waals surface area contributed by atoms with Gasteiger partial charge in [0.05, 0.1) is 16.2 Å². The molecule has 1 amide bonds. The van der Waals surface area contributed by atoms with Gasteiger partial charge >= 0.3 is 5.97 Å². The average Bonchev–Trinajstić information content (AvgIpc) is 2.84. The standard InChI is InChI=1S/C27H44N2O7SSi2/c1-10-15-37-25-21(16-23(35-38(8)26(2,3)4)36-39(9)27(5,6)7)24(31)28(25)17-22(30)34-18-19-11-13-20(14-12-19)29(32)33/h10-14,21,23,25,38-39H,1,15-18H2,2-9H3. The van der Waals surface area contributed by atoms with Crippen LogP contribution >= 0.6 is 11.8 Å². The SMILES string of the molecule is C=CCSC1C(CC(O[SiH](C)C(C)(C)C)O[SiH](C)C(C)(C)C)C(=O)N1CC(=O)OCc1ccc([N+](=O)[O-])cc1. The lowest BCUT2D eigenvalue weighted by atomic mass is 9.94. The van der Waals surface area contributed by atoms with Crippen molar-refractivity contribution >= 4 is 47.4 Å². The Morgan fingerprint density at radius 1 is 1.13 bits per heavy atom. The summed E-state index contributed by atoms with van der Waals surface area (Å²) in [5.41, 5.74) is 0.598. The van der Waals surface area contributed by atoms with Gasteiger partial charge in [0, 0.05) is 24.3 Å². The molecule has 0 spiro atoms. The molecule has 4 atom stereocenters. The number of β-lactam (4-membered cyclic amide) rings is 1. The maximum atomic E-state index is 13.3. The molecule has 9 nitrogen and oxygen atoms in total. The van der Waals surface area contributed by atoms with Crippen LogP contribution in [0.5, 0.6) is 0 Å². The van der Waals surface area contributed by atoms with E-state index in [2.05, 4.69) is 61.2 Å². The van der Waals surface area contributed by atoms with Crippen LogP contribution < -0.4 is 0 Å². The fourth-order valence-electron chi connectivity index (χ4n) is 3.63. The highest BCUT2D eigenvalue weighted by atomic mass is 32.2. The number of amides is 1. The third-order valence-electron chi connectivity index (χ3n) is 7.08. The van der Waals surface area contributed by atoms with Crippen LogP contribution in [0.3, 0.4) is 0 Å². The van der Waals surface area contributed by atoms with Crippen molar-refractivity contribution in [3.8, 4) is 0 Å². The Hall–Kier alpha value is -2.00. The topological polar surface area (TPSA) is 108 Å². The highest BCUT2D eigenvalue weighted by Crippen LogP contribution is 2.40. The van der Waals surface area contributed by atoms with E-state index < -0.39 is 35.3 Å². The molecule has 1 fully saturated rings. The second-order valence-electron chi connectivity index (χ2n) is 12.1. The zero-order valence-corrected chi connectivity index (χ0v) is 27.6. The van der Waals surface area contributed by atoms with Gasteiger partial charge in [-0.05, 0) is 40.9 Å². The number of hydrogen-bond donors (Lipinski definition) is 0. The second kappa shape index (κ2) is 14.1. The van der Waals surface area contributed by atoms with Gasteiger partial charge in [-0.3, -0.25) is 19.7 Å². The Morgan fingerprint density at radius 3 is 2.13 bits per heavy atom. The van der Waals surface area contributed by atoms with Crippen LogP contribution in [-0.2, 0) is 29.8 Å². The molecule has 1 aromatic carbocycles. The summed E-state index contributed by atoms with van der Waals surface area (Å²) in [6.45, 7) is 21.0. The van der Waals surface area contributed by atoms with Crippen LogP contribution in [0.25, 0.3) is 0 Å². The van der Waals surface area contributed by atoms with Gasteiger partial charge < -0.3 is 18.5 Å². The molecule has 0 aromatic heterocycles. The molecule has 12 heteroatoms. The van der Waals surface area contributed by atoms with E-state index in [-0.39, 0.29) is 46.1 Å². The third-order valence-corrected chi connectivity index (χ3v) is 14.7. The van der Waals surface area contributed by atoms with E-state index in [9.17, 15) is 19.7 Å². The number of nitrogens with zero attached hydrogens (tertiary/aromatic N) is 2. The van der Waals surface area contributed by atoms with Crippen molar-refractivity contribution in [2.24, 2.45) is 5.92 Å². The Morgan fingerprint density at radius 2 is 1.67 bits per heavy atom. The molecule has 1 heterocycles. The lowest BCUT2D eigenvalue weighted by Gasteiger charge is -2.47. The number of non-ortho nitro benzene ring substituents is 1. The van der Waals surface area contributed by atoms with Crippen LogP contribution in [0, 0.1) is 16.0 Å². The minimum atomic E-state index is -1.62. The third kappa shape index (κ3) is 9.85. The lowest BCUT2D eigenvalue weighted by Crippen LogP contribution is -2.62. The summed E-state index contributed by atoms with van der Waals surface area (Å²) in [5.74, 6) is -0.341. The molecule has 4 unspecified atom stereocenters. The monoisotopic (exact) mass is 596 g/mol. The first-order chi connectivity index (χ1) is 18.0. The summed E-state index contributed by atoms with van der Waals surface area (Å²) in [4.78, 5) is 37.8. The minimum Gasteiger partial charge on any atom is -0.459 e. The normalized spacial score (nSPS) is 20.1.